The van der Waals surface area contributed by atoms with E-state index in [0.717, 1.165) is 13.0 Å². The third kappa shape index (κ3) is 3.95. The zero-order chi connectivity index (χ0) is 10.6. The molecule has 0 bridgehead atoms. The molecule has 1 fully saturated rings. The normalized spacial score (nSPS) is 25.3. The Bertz CT molecular complexity index is 165. The van der Waals surface area contributed by atoms with Crippen LogP contribution in [0.1, 0.15) is 40.0 Å². The standard InChI is InChI=1S/C11H23NO2/c1-11(2,3)14-9-12-7-5-4-6-10(12)8-13/h10,13H,4-9H2,1-3H3/t10-/m0/s1. The van der Waals surface area contributed by atoms with Crippen LogP contribution in [0.25, 0.3) is 0 Å². The number of aliphatic hydroxyl groups excluding tert-OH is 1. The first-order chi connectivity index (χ1) is 6.53. The fourth-order valence-electron chi connectivity index (χ4n) is 1.71. The highest BCUT2D eigenvalue weighted by Crippen LogP contribution is 2.18. The van der Waals surface area contributed by atoms with Crippen LogP contribution in [0.4, 0.5) is 0 Å². The number of likely N-dealkylation sites (tertiary alicyclic amines) is 1. The van der Waals surface area contributed by atoms with E-state index in [-0.39, 0.29) is 12.2 Å². The van der Waals surface area contributed by atoms with Gasteiger partial charge in [-0.2, -0.15) is 0 Å². The van der Waals surface area contributed by atoms with E-state index < -0.39 is 0 Å². The van der Waals surface area contributed by atoms with Gasteiger partial charge in [-0.1, -0.05) is 6.42 Å². The van der Waals surface area contributed by atoms with Crippen LogP contribution in [-0.2, 0) is 4.74 Å². The fourth-order valence-corrected chi connectivity index (χ4v) is 1.71. The lowest BCUT2D eigenvalue weighted by Crippen LogP contribution is -2.44. The molecule has 3 heteroatoms. The van der Waals surface area contributed by atoms with Crippen molar-refractivity contribution < 1.29 is 9.84 Å². The van der Waals surface area contributed by atoms with Crippen LogP contribution in [0, 0.1) is 0 Å². The largest absolute Gasteiger partial charge is 0.395 e. The predicted molar refractivity (Wildman–Crippen MR) is 57.1 cm³/mol. The molecule has 84 valence electrons. The van der Waals surface area contributed by atoms with Crippen molar-refractivity contribution in [3.8, 4) is 0 Å². The van der Waals surface area contributed by atoms with E-state index in [1.807, 2.05) is 0 Å². The molecule has 1 atom stereocenters. The number of nitrogens with zero attached hydrogens (tertiary/aromatic N) is 1. The van der Waals surface area contributed by atoms with Gasteiger partial charge in [-0.05, 0) is 33.6 Å². The van der Waals surface area contributed by atoms with Gasteiger partial charge < -0.3 is 9.84 Å². The lowest BCUT2D eigenvalue weighted by molar-refractivity contribution is -0.0890. The van der Waals surface area contributed by atoms with Gasteiger partial charge in [0, 0.05) is 12.6 Å². The molecule has 1 heterocycles. The minimum absolute atomic E-state index is 0.0859. The maximum Gasteiger partial charge on any atom is 0.100 e. The topological polar surface area (TPSA) is 32.7 Å². The van der Waals surface area contributed by atoms with Gasteiger partial charge in [0.25, 0.3) is 0 Å². The minimum atomic E-state index is -0.0859. The summed E-state index contributed by atoms with van der Waals surface area (Å²) in [5, 5.41) is 9.19. The predicted octanol–water partition coefficient (Wildman–Crippen LogP) is 1.61. The Morgan fingerprint density at radius 1 is 1.36 bits per heavy atom. The summed E-state index contributed by atoms with van der Waals surface area (Å²) >= 11 is 0. The van der Waals surface area contributed by atoms with Gasteiger partial charge in [0.05, 0.1) is 12.2 Å². The maximum atomic E-state index is 9.19. The Balaban J connectivity index is 2.33. The summed E-state index contributed by atoms with van der Waals surface area (Å²) in [6, 6.07) is 0.311. The van der Waals surface area contributed by atoms with Crippen LogP contribution in [-0.4, -0.2) is 41.5 Å². The number of hydrogen-bond acceptors (Lipinski definition) is 3. The summed E-state index contributed by atoms with van der Waals surface area (Å²) in [5.74, 6) is 0. The van der Waals surface area contributed by atoms with Crippen molar-refractivity contribution in [2.75, 3.05) is 19.9 Å². The Labute approximate surface area is 87.1 Å². The maximum absolute atomic E-state index is 9.19. The van der Waals surface area contributed by atoms with Gasteiger partial charge in [-0.3, -0.25) is 4.90 Å². The number of piperidine rings is 1. The van der Waals surface area contributed by atoms with Gasteiger partial charge in [-0.25, -0.2) is 0 Å². The van der Waals surface area contributed by atoms with Crippen LogP contribution in [0.5, 0.6) is 0 Å². The highest BCUT2D eigenvalue weighted by Gasteiger charge is 2.23. The van der Waals surface area contributed by atoms with Gasteiger partial charge in [0.1, 0.15) is 6.73 Å². The first kappa shape index (κ1) is 12.0. The third-order valence-corrected chi connectivity index (χ3v) is 2.62. The summed E-state index contributed by atoms with van der Waals surface area (Å²) in [7, 11) is 0. The summed E-state index contributed by atoms with van der Waals surface area (Å²) < 4.78 is 5.72. The molecule has 1 rings (SSSR count). The number of aliphatic hydroxyl groups is 1. The van der Waals surface area contributed by atoms with Crippen molar-refractivity contribution in [1.29, 1.82) is 0 Å². The van der Waals surface area contributed by atoms with E-state index in [9.17, 15) is 5.11 Å². The smallest absolute Gasteiger partial charge is 0.100 e. The Hall–Kier alpha value is -0.120. The van der Waals surface area contributed by atoms with Crippen LogP contribution in [0.15, 0.2) is 0 Å². The van der Waals surface area contributed by atoms with Crippen molar-refractivity contribution >= 4 is 0 Å². The summed E-state index contributed by atoms with van der Waals surface area (Å²) in [6.07, 6.45) is 3.56. The van der Waals surface area contributed by atoms with Crippen molar-refractivity contribution in [3.05, 3.63) is 0 Å². The molecule has 0 saturated carbocycles. The minimum Gasteiger partial charge on any atom is -0.395 e. The molecule has 0 aromatic carbocycles. The summed E-state index contributed by atoms with van der Waals surface area (Å²) in [6.45, 7) is 8.14. The lowest BCUT2D eigenvalue weighted by Gasteiger charge is -2.36. The van der Waals surface area contributed by atoms with E-state index >= 15 is 0 Å². The average molecular weight is 201 g/mol. The highest BCUT2D eigenvalue weighted by atomic mass is 16.5. The van der Waals surface area contributed by atoms with Crippen LogP contribution >= 0.6 is 0 Å². The molecule has 3 nitrogen and oxygen atoms in total. The molecule has 1 aliphatic heterocycles. The SMILES string of the molecule is CC(C)(C)OCN1CCCC[C@H]1CO. The number of ether oxygens (including phenoxy) is 1. The second-order valence-corrected chi connectivity index (χ2v) is 5.03. The fraction of sp³-hybridized carbons (Fsp3) is 1.00. The molecule has 1 aliphatic rings. The van der Waals surface area contributed by atoms with Gasteiger partial charge in [-0.15, -0.1) is 0 Å². The van der Waals surface area contributed by atoms with Gasteiger partial charge in [0.15, 0.2) is 0 Å². The molecular formula is C11H23NO2. The first-order valence-electron chi connectivity index (χ1n) is 5.52. The summed E-state index contributed by atoms with van der Waals surface area (Å²) in [5.41, 5.74) is -0.0859. The molecule has 14 heavy (non-hydrogen) atoms. The van der Waals surface area contributed by atoms with Crippen molar-refractivity contribution in [2.45, 2.75) is 51.7 Å². The van der Waals surface area contributed by atoms with E-state index in [1.54, 1.807) is 0 Å². The van der Waals surface area contributed by atoms with Crippen LogP contribution in [0.2, 0.25) is 0 Å². The number of rotatable bonds is 3. The van der Waals surface area contributed by atoms with Gasteiger partial charge >= 0.3 is 0 Å². The quantitative estimate of drug-likeness (QED) is 0.753. The Morgan fingerprint density at radius 2 is 2.07 bits per heavy atom. The Morgan fingerprint density at radius 3 is 2.64 bits per heavy atom. The highest BCUT2D eigenvalue weighted by molar-refractivity contribution is 4.74. The van der Waals surface area contributed by atoms with E-state index in [1.165, 1.54) is 12.8 Å². The van der Waals surface area contributed by atoms with Gasteiger partial charge in [0.2, 0.25) is 0 Å². The zero-order valence-electron chi connectivity index (χ0n) is 9.62. The van der Waals surface area contributed by atoms with E-state index in [0.29, 0.717) is 12.8 Å². The molecule has 0 unspecified atom stereocenters. The van der Waals surface area contributed by atoms with Crippen LogP contribution in [0.3, 0.4) is 0 Å². The summed E-state index contributed by atoms with van der Waals surface area (Å²) in [4.78, 5) is 2.24. The molecular weight excluding hydrogens is 178 g/mol. The molecule has 1 N–H and O–H groups in total. The second-order valence-electron chi connectivity index (χ2n) is 5.03. The van der Waals surface area contributed by atoms with E-state index in [2.05, 4.69) is 25.7 Å². The van der Waals surface area contributed by atoms with Crippen molar-refractivity contribution in [3.63, 3.8) is 0 Å². The molecule has 0 radical (unpaired) electrons. The number of hydrogen-bond donors (Lipinski definition) is 1. The second kappa shape index (κ2) is 5.10. The average Bonchev–Trinajstić information content (AvgIpc) is 2.14. The monoisotopic (exact) mass is 201 g/mol. The lowest BCUT2D eigenvalue weighted by atomic mass is 10.0. The molecule has 1 saturated heterocycles. The molecule has 0 amide bonds. The third-order valence-electron chi connectivity index (χ3n) is 2.62. The molecule has 0 aromatic heterocycles. The Kier molecular flexibility index (Phi) is 4.35. The van der Waals surface area contributed by atoms with Crippen LogP contribution < -0.4 is 0 Å². The first-order valence-corrected chi connectivity index (χ1v) is 5.52. The molecule has 0 aliphatic carbocycles. The van der Waals surface area contributed by atoms with Crippen molar-refractivity contribution in [1.82, 2.24) is 4.90 Å². The molecule has 0 spiro atoms. The van der Waals surface area contributed by atoms with E-state index in [4.69, 9.17) is 4.74 Å². The molecule has 0 aromatic rings. The van der Waals surface area contributed by atoms with Crippen molar-refractivity contribution in [2.24, 2.45) is 0 Å². The zero-order valence-corrected chi connectivity index (χ0v) is 9.62.